The summed E-state index contributed by atoms with van der Waals surface area (Å²) in [5.41, 5.74) is 3.26. The minimum Gasteiger partial charge on any atom is -0.374 e. The predicted molar refractivity (Wildman–Crippen MR) is 133 cm³/mol. The van der Waals surface area contributed by atoms with E-state index in [9.17, 15) is 0 Å². The molecule has 1 aliphatic heterocycles. The third-order valence-electron chi connectivity index (χ3n) is 6.04. The van der Waals surface area contributed by atoms with Gasteiger partial charge in [0.1, 0.15) is 24.4 Å². The monoisotopic (exact) mass is 478 g/mol. The molecule has 1 fully saturated rings. The highest BCUT2D eigenvalue weighted by Gasteiger charge is 2.50. The van der Waals surface area contributed by atoms with Gasteiger partial charge in [0.25, 0.3) is 0 Å². The van der Waals surface area contributed by atoms with Crippen molar-refractivity contribution in [3.63, 3.8) is 0 Å². The second-order valence-electron chi connectivity index (χ2n) is 8.50. The van der Waals surface area contributed by atoms with Crippen molar-refractivity contribution in [2.24, 2.45) is 0 Å². The third-order valence-corrected chi connectivity index (χ3v) is 6.04. The first kappa shape index (κ1) is 25.5. The molecule has 4 atom stereocenters. The van der Waals surface area contributed by atoms with Gasteiger partial charge < -0.3 is 28.4 Å². The second-order valence-corrected chi connectivity index (χ2v) is 8.50. The molecule has 0 N–H and O–H groups in total. The highest BCUT2D eigenvalue weighted by molar-refractivity contribution is 5.15. The summed E-state index contributed by atoms with van der Waals surface area (Å²) < 4.78 is 36.5. The average Bonchev–Trinajstić information content (AvgIpc) is 3.25. The van der Waals surface area contributed by atoms with E-state index in [-0.39, 0.29) is 12.2 Å². The highest BCUT2D eigenvalue weighted by Crippen LogP contribution is 2.32. The lowest BCUT2D eigenvalue weighted by molar-refractivity contribution is -0.202. The van der Waals surface area contributed by atoms with Gasteiger partial charge in [0.05, 0.1) is 26.4 Å². The maximum absolute atomic E-state index is 6.43. The van der Waals surface area contributed by atoms with Crippen LogP contribution >= 0.6 is 0 Å². The molecule has 0 unspecified atom stereocenters. The first-order valence-corrected chi connectivity index (χ1v) is 11.9. The lowest BCUT2D eigenvalue weighted by Gasteiger charge is -2.28. The van der Waals surface area contributed by atoms with Gasteiger partial charge in [-0.15, -0.1) is 0 Å². The van der Waals surface area contributed by atoms with Gasteiger partial charge in [0.2, 0.25) is 0 Å². The fraction of sp³-hybridized carbons (Fsp3) is 0.379. The average molecular weight is 479 g/mol. The molecule has 3 aromatic carbocycles. The molecule has 1 heterocycles. The lowest BCUT2D eigenvalue weighted by atomic mass is 10.1. The van der Waals surface area contributed by atoms with Crippen molar-refractivity contribution in [1.82, 2.24) is 0 Å². The Hall–Kier alpha value is -2.58. The smallest absolute Gasteiger partial charge is 0.185 e. The summed E-state index contributed by atoms with van der Waals surface area (Å²) in [6.07, 6.45) is -2.19. The lowest BCUT2D eigenvalue weighted by Crippen LogP contribution is -2.43. The maximum Gasteiger partial charge on any atom is 0.185 e. The van der Waals surface area contributed by atoms with Crippen molar-refractivity contribution in [1.29, 1.82) is 0 Å². The molecule has 6 heteroatoms. The van der Waals surface area contributed by atoms with Crippen molar-refractivity contribution in [3.8, 4) is 0 Å². The van der Waals surface area contributed by atoms with Crippen LogP contribution in [0.15, 0.2) is 91.0 Å². The Labute approximate surface area is 207 Å². The molecule has 0 spiro atoms. The number of hydrogen-bond donors (Lipinski definition) is 0. The van der Waals surface area contributed by atoms with Crippen LogP contribution in [-0.4, -0.2) is 51.5 Å². The van der Waals surface area contributed by atoms with Crippen molar-refractivity contribution < 1.29 is 28.4 Å². The van der Waals surface area contributed by atoms with Gasteiger partial charge in [-0.3, -0.25) is 0 Å². The third kappa shape index (κ3) is 7.21. The minimum absolute atomic E-state index is 0.346. The van der Waals surface area contributed by atoms with Gasteiger partial charge in [-0.1, -0.05) is 91.0 Å². The molecule has 0 radical (unpaired) electrons. The molecule has 3 aromatic rings. The molecule has 0 aromatic heterocycles. The minimum atomic E-state index is -0.599. The van der Waals surface area contributed by atoms with Gasteiger partial charge in [0, 0.05) is 14.2 Å². The van der Waals surface area contributed by atoms with E-state index in [4.69, 9.17) is 28.4 Å². The molecule has 0 aliphatic carbocycles. The molecule has 4 rings (SSSR count). The van der Waals surface area contributed by atoms with Crippen LogP contribution < -0.4 is 0 Å². The number of benzene rings is 3. The van der Waals surface area contributed by atoms with E-state index in [0.717, 1.165) is 16.7 Å². The zero-order chi connectivity index (χ0) is 24.3. The van der Waals surface area contributed by atoms with Crippen molar-refractivity contribution >= 4 is 0 Å². The van der Waals surface area contributed by atoms with Crippen LogP contribution in [0.5, 0.6) is 0 Å². The Balaban J connectivity index is 1.50. The SMILES string of the molecule is COC(OC)[C@@H]1O[C@@H](COCc2ccccc2)[C@@H](OCc2ccccc2)[C@H]1OCc1ccccc1. The zero-order valence-electron chi connectivity index (χ0n) is 20.3. The number of hydrogen-bond acceptors (Lipinski definition) is 6. The van der Waals surface area contributed by atoms with Crippen LogP contribution in [0.1, 0.15) is 16.7 Å². The fourth-order valence-electron chi connectivity index (χ4n) is 4.27. The molecular formula is C29H34O6. The molecule has 6 nitrogen and oxygen atoms in total. The summed E-state index contributed by atoms with van der Waals surface area (Å²) >= 11 is 0. The van der Waals surface area contributed by atoms with Crippen LogP contribution in [0.4, 0.5) is 0 Å². The fourth-order valence-corrected chi connectivity index (χ4v) is 4.27. The topological polar surface area (TPSA) is 55.4 Å². The van der Waals surface area contributed by atoms with E-state index >= 15 is 0 Å². The molecule has 1 aliphatic rings. The standard InChI is InChI=1S/C29H34O6/c1-30-29(31-2)28-27(34-20-24-16-10-5-11-17-24)26(33-19-23-14-8-4-9-15-23)25(35-28)21-32-18-22-12-6-3-7-13-22/h3-17,25-29H,18-21H2,1-2H3/t25-,26+,27+,28+/m0/s1. The number of ether oxygens (including phenoxy) is 6. The molecule has 1 saturated heterocycles. The predicted octanol–water partition coefficient (Wildman–Crippen LogP) is 4.76. The molecule has 0 amide bonds. The summed E-state index contributed by atoms with van der Waals surface area (Å²) in [5.74, 6) is 0. The van der Waals surface area contributed by atoms with E-state index in [0.29, 0.717) is 26.4 Å². The van der Waals surface area contributed by atoms with Crippen LogP contribution in [0, 0.1) is 0 Å². The first-order chi connectivity index (χ1) is 17.3. The Kier molecular flexibility index (Phi) is 9.84. The second kappa shape index (κ2) is 13.5. The zero-order valence-corrected chi connectivity index (χ0v) is 20.3. The van der Waals surface area contributed by atoms with Crippen molar-refractivity contribution in [2.75, 3.05) is 20.8 Å². The van der Waals surface area contributed by atoms with Crippen LogP contribution in [0.3, 0.4) is 0 Å². The quantitative estimate of drug-likeness (QED) is 0.330. The molecule has 0 saturated carbocycles. The molecule has 35 heavy (non-hydrogen) atoms. The van der Waals surface area contributed by atoms with Gasteiger partial charge in [-0.05, 0) is 16.7 Å². The molecular weight excluding hydrogens is 444 g/mol. The molecule has 0 bridgehead atoms. The first-order valence-electron chi connectivity index (χ1n) is 11.9. The Morgan fingerprint density at radius 3 is 1.57 bits per heavy atom. The summed E-state index contributed by atoms with van der Waals surface area (Å²) in [6, 6.07) is 30.2. The van der Waals surface area contributed by atoms with E-state index in [1.54, 1.807) is 14.2 Å². The van der Waals surface area contributed by atoms with Crippen molar-refractivity contribution in [2.45, 2.75) is 50.5 Å². The number of methoxy groups -OCH3 is 2. The van der Waals surface area contributed by atoms with E-state index in [1.807, 2.05) is 91.0 Å². The van der Waals surface area contributed by atoms with Crippen LogP contribution in [-0.2, 0) is 48.2 Å². The van der Waals surface area contributed by atoms with Crippen LogP contribution in [0.2, 0.25) is 0 Å². The van der Waals surface area contributed by atoms with E-state index < -0.39 is 18.5 Å². The highest BCUT2D eigenvalue weighted by atomic mass is 16.7. The van der Waals surface area contributed by atoms with Gasteiger partial charge in [-0.2, -0.15) is 0 Å². The van der Waals surface area contributed by atoms with Gasteiger partial charge >= 0.3 is 0 Å². The Morgan fingerprint density at radius 2 is 1.09 bits per heavy atom. The largest absolute Gasteiger partial charge is 0.374 e. The summed E-state index contributed by atoms with van der Waals surface area (Å²) in [7, 11) is 3.20. The summed E-state index contributed by atoms with van der Waals surface area (Å²) in [6.45, 7) is 1.71. The maximum atomic E-state index is 6.43. The molecule has 186 valence electrons. The van der Waals surface area contributed by atoms with E-state index in [2.05, 4.69) is 0 Å². The Bertz CT molecular complexity index is 964. The normalized spacial score (nSPS) is 22.0. The summed E-state index contributed by atoms with van der Waals surface area (Å²) in [4.78, 5) is 0. The van der Waals surface area contributed by atoms with Gasteiger partial charge in [-0.25, -0.2) is 0 Å². The van der Waals surface area contributed by atoms with E-state index in [1.165, 1.54) is 0 Å². The van der Waals surface area contributed by atoms with Crippen molar-refractivity contribution in [3.05, 3.63) is 108 Å². The van der Waals surface area contributed by atoms with Gasteiger partial charge in [0.15, 0.2) is 6.29 Å². The summed E-state index contributed by atoms with van der Waals surface area (Å²) in [5, 5.41) is 0. The van der Waals surface area contributed by atoms with Crippen LogP contribution in [0.25, 0.3) is 0 Å². The number of rotatable bonds is 13. The Morgan fingerprint density at radius 1 is 0.629 bits per heavy atom.